The van der Waals surface area contributed by atoms with E-state index in [2.05, 4.69) is 10.6 Å². The average Bonchev–Trinajstić information content (AvgIpc) is 3.26. The molecule has 8 heteroatoms. The van der Waals surface area contributed by atoms with Gasteiger partial charge in [-0.05, 0) is 85.3 Å². The minimum Gasteiger partial charge on any atom is -0.397 e. The van der Waals surface area contributed by atoms with Crippen LogP contribution in [0.15, 0.2) is 66.7 Å². The Bertz CT molecular complexity index is 1320. The molecule has 2 fully saturated rings. The van der Waals surface area contributed by atoms with Crippen LogP contribution in [-0.4, -0.2) is 34.7 Å². The van der Waals surface area contributed by atoms with E-state index in [1.165, 1.54) is 12.1 Å². The van der Waals surface area contributed by atoms with Crippen molar-refractivity contribution >= 4 is 34.8 Å². The molecule has 0 spiro atoms. The number of carbonyl (C=O) groups is 3. The SMILES string of the molecule is Nc1ccc(-c2ccc(F)cc2)cc1NC(=O)c1ccc(NC(=O)C2(N3CCCC3=O)CCC2)cc1. The molecule has 0 radical (unpaired) electrons. The van der Waals surface area contributed by atoms with E-state index in [4.69, 9.17) is 5.73 Å². The molecule has 0 bridgehead atoms. The second kappa shape index (κ2) is 9.45. The van der Waals surface area contributed by atoms with Crippen molar-refractivity contribution in [2.75, 3.05) is 22.9 Å². The summed E-state index contributed by atoms with van der Waals surface area (Å²) in [6, 6.07) is 17.9. The number of hydrogen-bond donors (Lipinski definition) is 3. The quantitative estimate of drug-likeness (QED) is 0.435. The predicted octanol–water partition coefficient (Wildman–Crippen LogP) is 4.81. The van der Waals surface area contributed by atoms with E-state index in [0.717, 1.165) is 24.0 Å². The summed E-state index contributed by atoms with van der Waals surface area (Å²) in [6.45, 7) is 0.622. The Morgan fingerprint density at radius 3 is 2.19 bits per heavy atom. The molecule has 1 saturated carbocycles. The van der Waals surface area contributed by atoms with Gasteiger partial charge in [-0.1, -0.05) is 18.2 Å². The number of nitrogens with two attached hydrogens (primary N) is 1. The zero-order valence-corrected chi connectivity index (χ0v) is 19.7. The van der Waals surface area contributed by atoms with Crippen LogP contribution in [0.5, 0.6) is 0 Å². The second-order valence-electron chi connectivity index (χ2n) is 9.33. The molecule has 0 unspecified atom stereocenters. The van der Waals surface area contributed by atoms with E-state index in [1.54, 1.807) is 59.5 Å². The van der Waals surface area contributed by atoms with E-state index < -0.39 is 5.54 Å². The van der Waals surface area contributed by atoms with E-state index >= 15 is 0 Å². The molecular formula is C28H27FN4O3. The molecule has 1 aliphatic heterocycles. The molecule has 3 aromatic rings. The number of likely N-dealkylation sites (tertiary alicyclic amines) is 1. The van der Waals surface area contributed by atoms with Gasteiger partial charge < -0.3 is 21.3 Å². The van der Waals surface area contributed by atoms with E-state index in [1.807, 2.05) is 0 Å². The molecule has 36 heavy (non-hydrogen) atoms. The Morgan fingerprint density at radius 2 is 1.58 bits per heavy atom. The minimum absolute atomic E-state index is 0.0413. The summed E-state index contributed by atoms with van der Waals surface area (Å²) in [5.74, 6) is -0.810. The van der Waals surface area contributed by atoms with Crippen molar-refractivity contribution < 1.29 is 18.8 Å². The number of amides is 3. The minimum atomic E-state index is -0.753. The molecule has 184 valence electrons. The smallest absolute Gasteiger partial charge is 0.255 e. The van der Waals surface area contributed by atoms with Crippen molar-refractivity contribution in [2.24, 2.45) is 0 Å². The number of hydrogen-bond acceptors (Lipinski definition) is 4. The Morgan fingerprint density at radius 1 is 0.889 bits per heavy atom. The van der Waals surface area contributed by atoms with Crippen molar-refractivity contribution in [1.82, 2.24) is 4.90 Å². The number of benzene rings is 3. The van der Waals surface area contributed by atoms with Gasteiger partial charge in [-0.25, -0.2) is 4.39 Å². The average molecular weight is 487 g/mol. The molecule has 3 amide bonds. The lowest BCUT2D eigenvalue weighted by atomic mass is 9.74. The fourth-order valence-electron chi connectivity index (χ4n) is 4.87. The Hall–Kier alpha value is -4.20. The highest BCUT2D eigenvalue weighted by Crippen LogP contribution is 2.41. The van der Waals surface area contributed by atoms with Gasteiger partial charge in [0.15, 0.2) is 0 Å². The Balaban J connectivity index is 1.27. The molecule has 5 rings (SSSR count). The van der Waals surface area contributed by atoms with Gasteiger partial charge in [-0.3, -0.25) is 14.4 Å². The van der Waals surface area contributed by atoms with Crippen molar-refractivity contribution in [3.05, 3.63) is 78.1 Å². The lowest BCUT2D eigenvalue weighted by Gasteiger charge is -2.47. The molecule has 1 saturated heterocycles. The molecule has 4 N–H and O–H groups in total. The topological polar surface area (TPSA) is 105 Å². The van der Waals surface area contributed by atoms with Crippen LogP contribution in [0, 0.1) is 5.82 Å². The fourth-order valence-corrected chi connectivity index (χ4v) is 4.87. The number of rotatable bonds is 6. The van der Waals surface area contributed by atoms with Gasteiger partial charge in [-0.2, -0.15) is 0 Å². The summed E-state index contributed by atoms with van der Waals surface area (Å²) in [5.41, 5.74) is 8.71. The number of anilines is 3. The summed E-state index contributed by atoms with van der Waals surface area (Å²) >= 11 is 0. The number of nitrogens with one attached hydrogen (secondary N) is 2. The van der Waals surface area contributed by atoms with Gasteiger partial charge in [-0.15, -0.1) is 0 Å². The highest BCUT2D eigenvalue weighted by molar-refractivity contribution is 6.07. The van der Waals surface area contributed by atoms with Crippen LogP contribution in [-0.2, 0) is 9.59 Å². The van der Waals surface area contributed by atoms with Crippen molar-refractivity contribution in [2.45, 2.75) is 37.6 Å². The number of nitrogens with zero attached hydrogens (tertiary/aromatic N) is 1. The third-order valence-electron chi connectivity index (χ3n) is 7.08. The maximum Gasteiger partial charge on any atom is 0.255 e. The maximum absolute atomic E-state index is 13.3. The molecule has 2 aliphatic rings. The first-order chi connectivity index (χ1) is 17.4. The summed E-state index contributed by atoms with van der Waals surface area (Å²) in [7, 11) is 0. The van der Waals surface area contributed by atoms with E-state index in [0.29, 0.717) is 48.4 Å². The van der Waals surface area contributed by atoms with Crippen LogP contribution < -0.4 is 16.4 Å². The van der Waals surface area contributed by atoms with E-state index in [9.17, 15) is 18.8 Å². The third kappa shape index (κ3) is 4.42. The Labute approximate surface area is 208 Å². The maximum atomic E-state index is 13.3. The fraction of sp³-hybridized carbons (Fsp3) is 0.250. The molecule has 1 aliphatic carbocycles. The number of halogens is 1. The van der Waals surface area contributed by atoms with Gasteiger partial charge in [0.2, 0.25) is 11.8 Å². The zero-order valence-electron chi connectivity index (χ0n) is 19.7. The lowest BCUT2D eigenvalue weighted by Crippen LogP contribution is -2.61. The first-order valence-corrected chi connectivity index (χ1v) is 12.0. The Kier molecular flexibility index (Phi) is 6.18. The van der Waals surface area contributed by atoms with Crippen molar-refractivity contribution in [1.29, 1.82) is 0 Å². The van der Waals surface area contributed by atoms with Crippen LogP contribution >= 0.6 is 0 Å². The molecule has 7 nitrogen and oxygen atoms in total. The molecular weight excluding hydrogens is 459 g/mol. The second-order valence-corrected chi connectivity index (χ2v) is 9.33. The molecule has 3 aromatic carbocycles. The molecule has 0 atom stereocenters. The third-order valence-corrected chi connectivity index (χ3v) is 7.08. The van der Waals surface area contributed by atoms with Crippen LogP contribution in [0.3, 0.4) is 0 Å². The normalized spacial score (nSPS) is 16.4. The zero-order chi connectivity index (χ0) is 25.3. The summed E-state index contributed by atoms with van der Waals surface area (Å²) in [4.78, 5) is 40.0. The van der Waals surface area contributed by atoms with Crippen LogP contribution in [0.4, 0.5) is 21.5 Å². The highest BCUT2D eigenvalue weighted by Gasteiger charge is 2.51. The first kappa shape index (κ1) is 23.5. The highest BCUT2D eigenvalue weighted by atomic mass is 19.1. The summed E-state index contributed by atoms with van der Waals surface area (Å²) in [6.07, 6.45) is 3.54. The van der Waals surface area contributed by atoms with Gasteiger partial charge in [0, 0.05) is 24.2 Å². The van der Waals surface area contributed by atoms with Gasteiger partial charge >= 0.3 is 0 Å². The predicted molar refractivity (Wildman–Crippen MR) is 137 cm³/mol. The first-order valence-electron chi connectivity index (χ1n) is 12.0. The van der Waals surface area contributed by atoms with Crippen molar-refractivity contribution in [3.8, 4) is 11.1 Å². The lowest BCUT2D eigenvalue weighted by molar-refractivity contribution is -0.147. The number of nitrogen functional groups attached to an aromatic ring is 1. The standard InChI is InChI=1S/C28H27FN4O3/c29-21-9-4-18(5-10-21)20-8-13-23(30)24(17-20)32-26(35)19-6-11-22(12-7-19)31-27(36)28(14-2-15-28)33-16-1-3-25(33)34/h4-13,17H,1-3,14-16,30H2,(H,31,36)(H,32,35). The van der Waals surface area contributed by atoms with Crippen LogP contribution in [0.25, 0.3) is 11.1 Å². The van der Waals surface area contributed by atoms with Crippen LogP contribution in [0.2, 0.25) is 0 Å². The monoisotopic (exact) mass is 486 g/mol. The van der Waals surface area contributed by atoms with Gasteiger partial charge in [0.25, 0.3) is 5.91 Å². The van der Waals surface area contributed by atoms with Crippen LogP contribution in [0.1, 0.15) is 42.5 Å². The van der Waals surface area contributed by atoms with Gasteiger partial charge in [0.1, 0.15) is 11.4 Å². The summed E-state index contributed by atoms with van der Waals surface area (Å²) in [5, 5.41) is 5.75. The van der Waals surface area contributed by atoms with Gasteiger partial charge in [0.05, 0.1) is 11.4 Å². The molecule has 0 aromatic heterocycles. The largest absolute Gasteiger partial charge is 0.397 e. The number of carbonyl (C=O) groups excluding carboxylic acids is 3. The van der Waals surface area contributed by atoms with Crippen molar-refractivity contribution in [3.63, 3.8) is 0 Å². The van der Waals surface area contributed by atoms with E-state index in [-0.39, 0.29) is 23.5 Å². The molecule has 1 heterocycles. The summed E-state index contributed by atoms with van der Waals surface area (Å²) < 4.78 is 13.3.